The lowest BCUT2D eigenvalue weighted by molar-refractivity contribution is -0.383. The van der Waals surface area contributed by atoms with Gasteiger partial charge in [-0.1, -0.05) is 35.4 Å². The Morgan fingerprint density at radius 1 is 0.786 bits per heavy atom. The standard InChI is InChI=1S/C21H23N5O2/c1-12-6-8-17(14(3)10-12)24-20-19(26(27)28)21(23-16(5)22-20)25-18-9-7-13(2)11-15(18)4/h6-11H,1-5H3,(H2,22,23,24,25). The van der Waals surface area contributed by atoms with Gasteiger partial charge < -0.3 is 10.6 Å². The molecule has 28 heavy (non-hydrogen) atoms. The van der Waals surface area contributed by atoms with Gasteiger partial charge in [-0.3, -0.25) is 10.1 Å². The molecule has 0 aliphatic heterocycles. The maximum atomic E-state index is 11.9. The number of rotatable bonds is 5. The van der Waals surface area contributed by atoms with E-state index in [2.05, 4.69) is 20.6 Å². The quantitative estimate of drug-likeness (QED) is 0.456. The third kappa shape index (κ3) is 4.09. The van der Waals surface area contributed by atoms with Gasteiger partial charge in [0, 0.05) is 11.4 Å². The van der Waals surface area contributed by atoms with E-state index < -0.39 is 4.92 Å². The average molecular weight is 377 g/mol. The summed E-state index contributed by atoms with van der Waals surface area (Å²) in [5.74, 6) is 0.763. The Hall–Kier alpha value is -3.48. The van der Waals surface area contributed by atoms with E-state index in [1.54, 1.807) is 6.92 Å². The van der Waals surface area contributed by atoms with Gasteiger partial charge in [0.2, 0.25) is 11.6 Å². The van der Waals surface area contributed by atoms with Crippen LogP contribution in [0.25, 0.3) is 0 Å². The van der Waals surface area contributed by atoms with Crippen molar-refractivity contribution in [3.05, 3.63) is 74.6 Å². The molecule has 7 nitrogen and oxygen atoms in total. The van der Waals surface area contributed by atoms with E-state index in [0.717, 1.165) is 33.6 Å². The highest BCUT2D eigenvalue weighted by Gasteiger charge is 2.25. The van der Waals surface area contributed by atoms with Crippen LogP contribution in [0.1, 0.15) is 28.1 Å². The number of nitro groups is 1. The lowest BCUT2D eigenvalue weighted by Gasteiger charge is -2.14. The van der Waals surface area contributed by atoms with Crippen molar-refractivity contribution in [1.82, 2.24) is 9.97 Å². The second-order valence-corrected chi connectivity index (χ2v) is 6.96. The van der Waals surface area contributed by atoms with E-state index in [1.165, 1.54) is 0 Å². The Bertz CT molecular complexity index is 988. The molecular weight excluding hydrogens is 354 g/mol. The van der Waals surface area contributed by atoms with Crippen LogP contribution in [0, 0.1) is 44.7 Å². The molecule has 2 N–H and O–H groups in total. The highest BCUT2D eigenvalue weighted by Crippen LogP contribution is 2.35. The lowest BCUT2D eigenvalue weighted by Crippen LogP contribution is -2.08. The van der Waals surface area contributed by atoms with Gasteiger partial charge in [-0.05, 0) is 57.9 Å². The predicted octanol–water partition coefficient (Wildman–Crippen LogP) is 5.41. The molecule has 7 heteroatoms. The van der Waals surface area contributed by atoms with Crippen LogP contribution in [-0.4, -0.2) is 14.9 Å². The van der Waals surface area contributed by atoms with E-state index in [1.807, 2.05) is 64.1 Å². The first-order valence-corrected chi connectivity index (χ1v) is 8.96. The molecule has 0 aliphatic carbocycles. The molecule has 2 aromatic carbocycles. The van der Waals surface area contributed by atoms with Crippen molar-refractivity contribution in [2.24, 2.45) is 0 Å². The second kappa shape index (κ2) is 7.64. The lowest BCUT2D eigenvalue weighted by atomic mass is 10.1. The highest BCUT2D eigenvalue weighted by atomic mass is 16.6. The number of hydrogen-bond acceptors (Lipinski definition) is 6. The maximum Gasteiger partial charge on any atom is 0.353 e. The van der Waals surface area contributed by atoms with Crippen LogP contribution in [-0.2, 0) is 0 Å². The van der Waals surface area contributed by atoms with Gasteiger partial charge in [0.05, 0.1) is 4.92 Å². The first kappa shape index (κ1) is 19.3. The summed E-state index contributed by atoms with van der Waals surface area (Å²) in [5, 5.41) is 18.1. The highest BCUT2D eigenvalue weighted by molar-refractivity contribution is 5.78. The molecule has 0 saturated heterocycles. The topological polar surface area (TPSA) is 93.0 Å². The van der Waals surface area contributed by atoms with Gasteiger partial charge in [-0.25, -0.2) is 9.97 Å². The van der Waals surface area contributed by atoms with Crippen LogP contribution in [0.15, 0.2) is 36.4 Å². The summed E-state index contributed by atoms with van der Waals surface area (Å²) in [7, 11) is 0. The summed E-state index contributed by atoms with van der Waals surface area (Å²) in [6, 6.07) is 11.7. The number of anilines is 4. The van der Waals surface area contributed by atoms with E-state index in [9.17, 15) is 10.1 Å². The molecule has 0 unspecified atom stereocenters. The molecule has 0 fully saturated rings. The minimum Gasteiger partial charge on any atom is -0.334 e. The number of benzene rings is 2. The predicted molar refractivity (Wildman–Crippen MR) is 112 cm³/mol. The molecule has 0 aliphatic rings. The summed E-state index contributed by atoms with van der Waals surface area (Å²) in [4.78, 5) is 20.0. The monoisotopic (exact) mass is 377 g/mol. The largest absolute Gasteiger partial charge is 0.353 e. The fourth-order valence-corrected chi connectivity index (χ4v) is 3.08. The van der Waals surface area contributed by atoms with Crippen LogP contribution in [0.2, 0.25) is 0 Å². The summed E-state index contributed by atoms with van der Waals surface area (Å²) in [5.41, 5.74) is 5.55. The van der Waals surface area contributed by atoms with Crippen molar-refractivity contribution in [2.75, 3.05) is 10.6 Å². The number of hydrogen-bond donors (Lipinski definition) is 2. The Kier molecular flexibility index (Phi) is 5.26. The van der Waals surface area contributed by atoms with Crippen molar-refractivity contribution in [2.45, 2.75) is 34.6 Å². The van der Waals surface area contributed by atoms with Crippen molar-refractivity contribution in [3.8, 4) is 0 Å². The van der Waals surface area contributed by atoms with Crippen molar-refractivity contribution in [3.63, 3.8) is 0 Å². The van der Waals surface area contributed by atoms with E-state index in [4.69, 9.17) is 0 Å². The van der Waals surface area contributed by atoms with Gasteiger partial charge in [-0.15, -0.1) is 0 Å². The SMILES string of the molecule is Cc1ccc(Nc2nc(C)nc(Nc3ccc(C)cc3C)c2[N+](=O)[O-])c(C)c1. The fourth-order valence-electron chi connectivity index (χ4n) is 3.08. The molecule has 3 rings (SSSR count). The zero-order chi connectivity index (χ0) is 20.4. The van der Waals surface area contributed by atoms with Crippen molar-refractivity contribution < 1.29 is 4.92 Å². The van der Waals surface area contributed by atoms with Gasteiger partial charge in [-0.2, -0.15) is 0 Å². The number of nitrogens with zero attached hydrogens (tertiary/aromatic N) is 3. The minimum absolute atomic E-state index is 0.164. The van der Waals surface area contributed by atoms with Crippen LogP contribution < -0.4 is 10.6 Å². The minimum atomic E-state index is -0.461. The van der Waals surface area contributed by atoms with Gasteiger partial charge >= 0.3 is 5.69 Å². The molecule has 0 bridgehead atoms. The third-order valence-corrected chi connectivity index (χ3v) is 4.45. The number of nitrogens with one attached hydrogen (secondary N) is 2. The fraction of sp³-hybridized carbons (Fsp3) is 0.238. The Labute approximate surface area is 164 Å². The normalized spacial score (nSPS) is 10.6. The third-order valence-electron chi connectivity index (χ3n) is 4.45. The molecule has 1 aromatic heterocycles. The van der Waals surface area contributed by atoms with E-state index in [-0.39, 0.29) is 17.3 Å². The molecule has 3 aromatic rings. The van der Waals surface area contributed by atoms with Gasteiger partial charge in [0.15, 0.2) is 0 Å². The Balaban J connectivity index is 2.07. The van der Waals surface area contributed by atoms with E-state index in [0.29, 0.717) is 5.82 Å². The molecular formula is C21H23N5O2. The molecule has 0 radical (unpaired) electrons. The smallest absolute Gasteiger partial charge is 0.334 e. The zero-order valence-electron chi connectivity index (χ0n) is 16.6. The van der Waals surface area contributed by atoms with Crippen molar-refractivity contribution in [1.29, 1.82) is 0 Å². The van der Waals surface area contributed by atoms with Crippen LogP contribution in [0.5, 0.6) is 0 Å². The van der Waals surface area contributed by atoms with Crippen LogP contribution in [0.4, 0.5) is 28.7 Å². The molecule has 144 valence electrons. The summed E-state index contributed by atoms with van der Waals surface area (Å²) in [6.07, 6.45) is 0. The van der Waals surface area contributed by atoms with Gasteiger partial charge in [0.25, 0.3) is 0 Å². The molecule has 0 saturated carbocycles. The Morgan fingerprint density at radius 2 is 1.21 bits per heavy atom. The molecule has 0 spiro atoms. The van der Waals surface area contributed by atoms with Crippen molar-refractivity contribution >= 4 is 28.7 Å². The summed E-state index contributed by atoms with van der Waals surface area (Å²) < 4.78 is 0. The molecule has 0 amide bonds. The Morgan fingerprint density at radius 3 is 1.57 bits per heavy atom. The van der Waals surface area contributed by atoms with Gasteiger partial charge in [0.1, 0.15) is 5.82 Å². The van der Waals surface area contributed by atoms with E-state index >= 15 is 0 Å². The summed E-state index contributed by atoms with van der Waals surface area (Å²) >= 11 is 0. The average Bonchev–Trinajstić information content (AvgIpc) is 2.59. The zero-order valence-corrected chi connectivity index (χ0v) is 16.6. The summed E-state index contributed by atoms with van der Waals surface area (Å²) in [6.45, 7) is 9.61. The second-order valence-electron chi connectivity index (χ2n) is 6.96. The number of aromatic nitrogens is 2. The first-order valence-electron chi connectivity index (χ1n) is 8.96. The number of aryl methyl sites for hydroxylation is 5. The molecule has 1 heterocycles. The first-order chi connectivity index (χ1) is 13.2. The molecule has 0 atom stereocenters. The maximum absolute atomic E-state index is 11.9. The van der Waals surface area contributed by atoms with Crippen LogP contribution >= 0.6 is 0 Å². The van der Waals surface area contributed by atoms with Crippen LogP contribution in [0.3, 0.4) is 0 Å².